The summed E-state index contributed by atoms with van der Waals surface area (Å²) in [6.07, 6.45) is -4.45. The van der Waals surface area contributed by atoms with Gasteiger partial charge in [0.05, 0.1) is 0 Å². The Labute approximate surface area is 71.4 Å². The molecule has 0 aliphatic heterocycles. The molecule has 0 radical (unpaired) electrons. The smallest absolute Gasteiger partial charge is 0.377 e. The van der Waals surface area contributed by atoms with Crippen LogP contribution in [0, 0.1) is 0 Å². The SMILES string of the molecule is CC(O)(C=C(Cl)Cl)C(F)(F)F. The van der Waals surface area contributed by atoms with Gasteiger partial charge < -0.3 is 5.11 Å². The Morgan fingerprint density at radius 2 is 1.73 bits per heavy atom. The molecule has 6 heteroatoms. The van der Waals surface area contributed by atoms with E-state index in [9.17, 15) is 13.2 Å². The van der Waals surface area contributed by atoms with Crippen molar-refractivity contribution in [1.29, 1.82) is 0 Å². The van der Waals surface area contributed by atoms with Gasteiger partial charge in [0, 0.05) is 0 Å². The Morgan fingerprint density at radius 1 is 1.36 bits per heavy atom. The summed E-state index contributed by atoms with van der Waals surface area (Å²) in [5.41, 5.74) is -2.97. The van der Waals surface area contributed by atoms with E-state index in [4.69, 9.17) is 28.3 Å². The summed E-state index contributed by atoms with van der Waals surface area (Å²) in [6.45, 7) is 0.553. The second kappa shape index (κ2) is 3.21. The van der Waals surface area contributed by atoms with Crippen molar-refractivity contribution < 1.29 is 18.3 Å². The zero-order valence-corrected chi connectivity index (χ0v) is 6.93. The zero-order chi connectivity index (χ0) is 9.28. The van der Waals surface area contributed by atoms with Crippen LogP contribution in [0.25, 0.3) is 0 Å². The van der Waals surface area contributed by atoms with Gasteiger partial charge in [-0.3, -0.25) is 0 Å². The highest BCUT2D eigenvalue weighted by atomic mass is 35.5. The van der Waals surface area contributed by atoms with Gasteiger partial charge in [-0.15, -0.1) is 0 Å². The van der Waals surface area contributed by atoms with Crippen LogP contribution in [0.1, 0.15) is 6.92 Å². The van der Waals surface area contributed by atoms with E-state index in [1.54, 1.807) is 0 Å². The fourth-order valence-electron chi connectivity index (χ4n) is 0.294. The lowest BCUT2D eigenvalue weighted by Gasteiger charge is -2.22. The van der Waals surface area contributed by atoms with Crippen molar-refractivity contribution >= 4 is 23.2 Å². The highest BCUT2D eigenvalue weighted by Gasteiger charge is 2.48. The lowest BCUT2D eigenvalue weighted by molar-refractivity contribution is -0.232. The minimum atomic E-state index is -4.76. The number of aliphatic hydroxyl groups is 1. The Bertz CT molecular complexity index is 169. The molecule has 1 nitrogen and oxygen atoms in total. The molecular weight excluding hydrogens is 204 g/mol. The first-order valence-corrected chi connectivity index (χ1v) is 3.25. The molecule has 0 aromatic carbocycles. The number of rotatable bonds is 1. The van der Waals surface area contributed by atoms with E-state index in [1.165, 1.54) is 0 Å². The fraction of sp³-hybridized carbons (Fsp3) is 0.600. The summed E-state index contributed by atoms with van der Waals surface area (Å²) in [7, 11) is 0. The third-order valence-electron chi connectivity index (χ3n) is 0.964. The summed E-state index contributed by atoms with van der Waals surface area (Å²) in [5, 5.41) is 8.65. The molecule has 11 heavy (non-hydrogen) atoms. The van der Waals surface area contributed by atoms with Crippen molar-refractivity contribution in [3.05, 3.63) is 10.6 Å². The van der Waals surface area contributed by atoms with Crippen LogP contribution in [0.5, 0.6) is 0 Å². The van der Waals surface area contributed by atoms with E-state index in [-0.39, 0.29) is 0 Å². The molecule has 0 aromatic rings. The van der Waals surface area contributed by atoms with E-state index < -0.39 is 16.3 Å². The molecule has 0 heterocycles. The van der Waals surface area contributed by atoms with Crippen molar-refractivity contribution in [3.63, 3.8) is 0 Å². The molecule has 1 unspecified atom stereocenters. The van der Waals surface area contributed by atoms with Gasteiger partial charge in [-0.25, -0.2) is 0 Å². The Kier molecular flexibility index (Phi) is 3.23. The van der Waals surface area contributed by atoms with Crippen LogP contribution in [0.2, 0.25) is 0 Å². The molecule has 0 saturated carbocycles. The van der Waals surface area contributed by atoms with Crippen LogP contribution in [-0.4, -0.2) is 16.9 Å². The predicted octanol–water partition coefficient (Wildman–Crippen LogP) is 2.62. The van der Waals surface area contributed by atoms with Gasteiger partial charge >= 0.3 is 6.18 Å². The van der Waals surface area contributed by atoms with E-state index in [0.717, 1.165) is 0 Å². The zero-order valence-electron chi connectivity index (χ0n) is 5.41. The molecule has 66 valence electrons. The van der Waals surface area contributed by atoms with E-state index in [2.05, 4.69) is 0 Å². The van der Waals surface area contributed by atoms with Gasteiger partial charge in [0.2, 0.25) is 0 Å². The number of hydrogen-bond acceptors (Lipinski definition) is 1. The number of halogens is 5. The van der Waals surface area contributed by atoms with Crippen LogP contribution in [0.15, 0.2) is 10.6 Å². The molecule has 1 N–H and O–H groups in total. The first kappa shape index (κ1) is 11.1. The maximum Gasteiger partial charge on any atom is 0.420 e. The van der Waals surface area contributed by atoms with Gasteiger partial charge in [-0.1, -0.05) is 23.2 Å². The average Bonchev–Trinajstić information content (AvgIpc) is 1.56. The highest BCUT2D eigenvalue weighted by molar-refractivity contribution is 6.55. The Hall–Kier alpha value is 0.0700. The first-order valence-electron chi connectivity index (χ1n) is 2.50. The third kappa shape index (κ3) is 3.31. The van der Waals surface area contributed by atoms with Crippen LogP contribution < -0.4 is 0 Å². The fourth-order valence-corrected chi connectivity index (χ4v) is 0.719. The standard InChI is InChI=1S/C5H5Cl2F3O/c1-4(11,2-3(6)7)5(8,9)10/h2,11H,1H3. The molecule has 0 spiro atoms. The molecule has 0 fully saturated rings. The summed E-state index contributed by atoms with van der Waals surface area (Å²) < 4.78 is 34.7. The summed E-state index contributed by atoms with van der Waals surface area (Å²) in [4.78, 5) is 0. The number of hydrogen-bond donors (Lipinski definition) is 1. The monoisotopic (exact) mass is 208 g/mol. The minimum Gasteiger partial charge on any atom is -0.377 e. The van der Waals surface area contributed by atoms with Gasteiger partial charge in [-0.2, -0.15) is 13.2 Å². The van der Waals surface area contributed by atoms with Crippen molar-refractivity contribution in [1.82, 2.24) is 0 Å². The summed E-state index contributed by atoms with van der Waals surface area (Å²) in [5.74, 6) is 0. The molecule has 0 amide bonds. The van der Waals surface area contributed by atoms with E-state index >= 15 is 0 Å². The van der Waals surface area contributed by atoms with Crippen molar-refractivity contribution in [2.75, 3.05) is 0 Å². The largest absolute Gasteiger partial charge is 0.420 e. The predicted molar refractivity (Wildman–Crippen MR) is 36.5 cm³/mol. The maximum absolute atomic E-state index is 11.8. The second-order valence-corrected chi connectivity index (χ2v) is 3.09. The highest BCUT2D eigenvalue weighted by Crippen LogP contribution is 2.32. The Balaban J connectivity index is 4.61. The first-order chi connectivity index (χ1) is 4.67. The molecule has 0 rings (SSSR count). The van der Waals surface area contributed by atoms with Crippen LogP contribution in [-0.2, 0) is 0 Å². The third-order valence-corrected chi connectivity index (χ3v) is 1.18. The molecule has 0 bridgehead atoms. The van der Waals surface area contributed by atoms with E-state index in [1.807, 2.05) is 0 Å². The Morgan fingerprint density at radius 3 is 1.82 bits per heavy atom. The lowest BCUT2D eigenvalue weighted by atomic mass is 10.1. The normalized spacial score (nSPS) is 17.4. The minimum absolute atomic E-state index is 0.316. The van der Waals surface area contributed by atoms with Gasteiger partial charge in [0.1, 0.15) is 4.49 Å². The van der Waals surface area contributed by atoms with Gasteiger partial charge in [0.25, 0.3) is 0 Å². The molecule has 1 atom stereocenters. The van der Waals surface area contributed by atoms with Gasteiger partial charge in [-0.05, 0) is 13.0 Å². The van der Waals surface area contributed by atoms with Crippen LogP contribution in [0.4, 0.5) is 13.2 Å². The topological polar surface area (TPSA) is 20.2 Å². The van der Waals surface area contributed by atoms with Crippen molar-refractivity contribution in [3.8, 4) is 0 Å². The van der Waals surface area contributed by atoms with Crippen LogP contribution in [0.3, 0.4) is 0 Å². The van der Waals surface area contributed by atoms with Crippen LogP contribution >= 0.6 is 23.2 Å². The molecule has 0 saturated heterocycles. The average molecular weight is 209 g/mol. The van der Waals surface area contributed by atoms with Gasteiger partial charge in [0.15, 0.2) is 5.60 Å². The summed E-state index contributed by atoms with van der Waals surface area (Å²) >= 11 is 9.87. The molecule has 0 aliphatic carbocycles. The number of alkyl halides is 3. The summed E-state index contributed by atoms with van der Waals surface area (Å²) in [6, 6.07) is 0. The molecule has 0 aliphatic rings. The van der Waals surface area contributed by atoms with E-state index in [0.29, 0.717) is 13.0 Å². The lowest BCUT2D eigenvalue weighted by Crippen LogP contribution is -2.40. The molecule has 0 aromatic heterocycles. The van der Waals surface area contributed by atoms with Crippen molar-refractivity contribution in [2.24, 2.45) is 0 Å². The molecular formula is C5H5Cl2F3O. The maximum atomic E-state index is 11.8. The second-order valence-electron chi connectivity index (χ2n) is 2.08. The quantitative estimate of drug-likeness (QED) is 0.703. The van der Waals surface area contributed by atoms with Crippen molar-refractivity contribution in [2.45, 2.75) is 18.7 Å².